The van der Waals surface area contributed by atoms with Gasteiger partial charge in [0.2, 0.25) is 0 Å². The van der Waals surface area contributed by atoms with E-state index in [-0.39, 0.29) is 11.1 Å². The van der Waals surface area contributed by atoms with Crippen LogP contribution in [0.5, 0.6) is 0 Å². The molecule has 0 heterocycles. The molecule has 1 unspecified atom stereocenters. The molecular weight excluding hydrogens is 287 g/mol. The molecule has 0 saturated carbocycles. The van der Waals surface area contributed by atoms with Gasteiger partial charge >= 0.3 is 0 Å². The third kappa shape index (κ3) is 3.74. The molecule has 20 heavy (non-hydrogen) atoms. The molecule has 0 saturated heterocycles. The van der Waals surface area contributed by atoms with E-state index in [0.29, 0.717) is 12.1 Å². The highest BCUT2D eigenvalue weighted by Gasteiger charge is 2.09. The number of nitrogens with one attached hydrogen (secondary N) is 1. The predicted molar refractivity (Wildman–Crippen MR) is 73.0 cm³/mol. The molecule has 0 spiro atoms. The lowest BCUT2D eigenvalue weighted by Gasteiger charge is -2.15. The Labute approximate surface area is 120 Å². The van der Waals surface area contributed by atoms with E-state index in [1.54, 1.807) is 13.0 Å². The maximum Gasteiger partial charge on any atom is 0.141 e. The van der Waals surface area contributed by atoms with E-state index >= 15 is 0 Å². The van der Waals surface area contributed by atoms with Crippen molar-refractivity contribution in [2.45, 2.75) is 19.5 Å². The largest absolute Gasteiger partial charge is 0.306 e. The van der Waals surface area contributed by atoms with Gasteiger partial charge in [-0.25, -0.2) is 13.2 Å². The van der Waals surface area contributed by atoms with Crippen LogP contribution >= 0.6 is 11.6 Å². The van der Waals surface area contributed by atoms with Crippen molar-refractivity contribution in [2.75, 3.05) is 0 Å². The first-order valence-corrected chi connectivity index (χ1v) is 6.47. The Bertz CT molecular complexity index is 596. The Morgan fingerprint density at radius 3 is 2.30 bits per heavy atom. The number of hydrogen-bond donors (Lipinski definition) is 1. The average Bonchev–Trinajstić information content (AvgIpc) is 2.38. The summed E-state index contributed by atoms with van der Waals surface area (Å²) in [5.74, 6) is -1.70. The molecule has 0 radical (unpaired) electrons. The van der Waals surface area contributed by atoms with Crippen molar-refractivity contribution in [1.82, 2.24) is 5.32 Å². The first-order chi connectivity index (χ1) is 9.45. The standard InChI is InChI=1S/C15H13ClF3N/c1-9(11-5-12(17)7-13(18)6-11)20-8-10-2-3-15(19)14(16)4-10/h2-7,9,20H,8H2,1H3. The minimum atomic E-state index is -0.613. The van der Waals surface area contributed by atoms with Gasteiger partial charge in [-0.3, -0.25) is 0 Å². The first kappa shape index (κ1) is 14.9. The Balaban J connectivity index is 2.04. The van der Waals surface area contributed by atoms with Crippen molar-refractivity contribution in [1.29, 1.82) is 0 Å². The van der Waals surface area contributed by atoms with Gasteiger partial charge in [-0.15, -0.1) is 0 Å². The van der Waals surface area contributed by atoms with Crippen LogP contribution in [0.4, 0.5) is 13.2 Å². The second kappa shape index (κ2) is 6.29. The first-order valence-electron chi connectivity index (χ1n) is 6.09. The van der Waals surface area contributed by atoms with Crippen molar-refractivity contribution in [3.05, 3.63) is 70.0 Å². The van der Waals surface area contributed by atoms with E-state index in [1.165, 1.54) is 24.3 Å². The SMILES string of the molecule is CC(NCc1ccc(F)c(Cl)c1)c1cc(F)cc(F)c1. The number of benzene rings is 2. The summed E-state index contributed by atoms with van der Waals surface area (Å²) in [6.45, 7) is 2.21. The summed E-state index contributed by atoms with van der Waals surface area (Å²) in [7, 11) is 0. The van der Waals surface area contributed by atoms with Crippen LogP contribution in [0.15, 0.2) is 36.4 Å². The summed E-state index contributed by atoms with van der Waals surface area (Å²) < 4.78 is 39.3. The zero-order chi connectivity index (χ0) is 14.7. The van der Waals surface area contributed by atoms with Crippen LogP contribution in [0.2, 0.25) is 5.02 Å². The van der Waals surface area contributed by atoms with Gasteiger partial charge in [0, 0.05) is 18.7 Å². The van der Waals surface area contributed by atoms with E-state index in [1.807, 2.05) is 0 Å². The van der Waals surface area contributed by atoms with Crippen LogP contribution in [0.1, 0.15) is 24.1 Å². The third-order valence-corrected chi connectivity index (χ3v) is 3.27. The summed E-state index contributed by atoms with van der Waals surface area (Å²) in [6.07, 6.45) is 0. The second-order valence-corrected chi connectivity index (χ2v) is 4.96. The monoisotopic (exact) mass is 299 g/mol. The van der Waals surface area contributed by atoms with Gasteiger partial charge in [0.1, 0.15) is 17.5 Å². The van der Waals surface area contributed by atoms with Crippen molar-refractivity contribution in [2.24, 2.45) is 0 Å². The van der Waals surface area contributed by atoms with Gasteiger partial charge in [-0.05, 0) is 42.3 Å². The lowest BCUT2D eigenvalue weighted by Crippen LogP contribution is -2.18. The highest BCUT2D eigenvalue weighted by atomic mass is 35.5. The van der Waals surface area contributed by atoms with Crippen molar-refractivity contribution in [3.63, 3.8) is 0 Å². The second-order valence-electron chi connectivity index (χ2n) is 4.55. The molecule has 1 atom stereocenters. The van der Waals surface area contributed by atoms with Crippen LogP contribution < -0.4 is 5.32 Å². The fraction of sp³-hybridized carbons (Fsp3) is 0.200. The van der Waals surface area contributed by atoms with Gasteiger partial charge in [0.15, 0.2) is 0 Å². The van der Waals surface area contributed by atoms with Crippen LogP contribution in [0.25, 0.3) is 0 Å². The summed E-state index contributed by atoms with van der Waals surface area (Å²) in [5, 5.41) is 3.15. The van der Waals surface area contributed by atoms with Crippen molar-refractivity contribution >= 4 is 11.6 Å². The molecule has 0 aliphatic heterocycles. The van der Waals surface area contributed by atoms with Gasteiger partial charge in [0.05, 0.1) is 5.02 Å². The van der Waals surface area contributed by atoms with E-state index in [2.05, 4.69) is 5.32 Å². The summed E-state index contributed by atoms with van der Waals surface area (Å²) >= 11 is 5.69. The quantitative estimate of drug-likeness (QED) is 0.869. The third-order valence-electron chi connectivity index (χ3n) is 2.98. The normalized spacial score (nSPS) is 12.4. The fourth-order valence-corrected chi connectivity index (χ4v) is 2.07. The summed E-state index contributed by atoms with van der Waals surface area (Å²) in [4.78, 5) is 0. The Hall–Kier alpha value is -1.52. The Morgan fingerprint density at radius 2 is 1.70 bits per heavy atom. The molecule has 0 amide bonds. The minimum absolute atomic E-state index is 0.0498. The van der Waals surface area contributed by atoms with E-state index in [0.717, 1.165) is 11.6 Å². The summed E-state index contributed by atoms with van der Waals surface area (Å²) in [5.41, 5.74) is 1.30. The highest BCUT2D eigenvalue weighted by molar-refractivity contribution is 6.30. The Kier molecular flexibility index (Phi) is 4.68. The zero-order valence-electron chi connectivity index (χ0n) is 10.8. The molecule has 106 valence electrons. The highest BCUT2D eigenvalue weighted by Crippen LogP contribution is 2.19. The lowest BCUT2D eigenvalue weighted by molar-refractivity contribution is 0.545. The molecule has 2 aromatic rings. The topological polar surface area (TPSA) is 12.0 Å². The molecule has 5 heteroatoms. The van der Waals surface area contributed by atoms with Gasteiger partial charge in [0.25, 0.3) is 0 Å². The van der Waals surface area contributed by atoms with Crippen LogP contribution in [-0.4, -0.2) is 0 Å². The van der Waals surface area contributed by atoms with E-state index in [4.69, 9.17) is 11.6 Å². The van der Waals surface area contributed by atoms with Crippen molar-refractivity contribution < 1.29 is 13.2 Å². The Morgan fingerprint density at radius 1 is 1.05 bits per heavy atom. The minimum Gasteiger partial charge on any atom is -0.306 e. The van der Waals surface area contributed by atoms with E-state index < -0.39 is 17.5 Å². The molecule has 1 nitrogen and oxygen atoms in total. The average molecular weight is 300 g/mol. The molecule has 0 aliphatic rings. The van der Waals surface area contributed by atoms with Crippen LogP contribution in [-0.2, 0) is 6.54 Å². The molecule has 0 aromatic heterocycles. The molecular formula is C15H13ClF3N. The molecule has 0 bridgehead atoms. The number of halogens is 4. The van der Waals surface area contributed by atoms with Gasteiger partial charge in [-0.1, -0.05) is 17.7 Å². The van der Waals surface area contributed by atoms with Crippen LogP contribution in [0, 0.1) is 17.5 Å². The zero-order valence-corrected chi connectivity index (χ0v) is 11.5. The lowest BCUT2D eigenvalue weighted by atomic mass is 10.1. The fourth-order valence-electron chi connectivity index (χ4n) is 1.86. The molecule has 2 aromatic carbocycles. The molecule has 0 aliphatic carbocycles. The summed E-state index contributed by atoms with van der Waals surface area (Å²) in [6, 6.07) is 7.54. The molecule has 2 rings (SSSR count). The smallest absolute Gasteiger partial charge is 0.141 e. The maximum absolute atomic E-state index is 13.1. The number of rotatable bonds is 4. The van der Waals surface area contributed by atoms with Gasteiger partial charge in [-0.2, -0.15) is 0 Å². The van der Waals surface area contributed by atoms with Crippen LogP contribution in [0.3, 0.4) is 0 Å². The van der Waals surface area contributed by atoms with Crippen molar-refractivity contribution in [3.8, 4) is 0 Å². The predicted octanol–water partition coefficient (Wildman–Crippen LogP) is 4.61. The molecule has 1 N–H and O–H groups in total. The maximum atomic E-state index is 13.1. The van der Waals surface area contributed by atoms with E-state index in [9.17, 15) is 13.2 Å². The molecule has 0 fully saturated rings. The number of hydrogen-bond acceptors (Lipinski definition) is 1. The van der Waals surface area contributed by atoms with Gasteiger partial charge < -0.3 is 5.32 Å².